The van der Waals surface area contributed by atoms with E-state index in [0.717, 1.165) is 24.9 Å². The van der Waals surface area contributed by atoms with Gasteiger partial charge in [-0.15, -0.1) is 0 Å². The Bertz CT molecular complexity index is 577. The summed E-state index contributed by atoms with van der Waals surface area (Å²) < 4.78 is 5.63. The summed E-state index contributed by atoms with van der Waals surface area (Å²) in [4.78, 5) is 26.6. The van der Waals surface area contributed by atoms with Crippen molar-refractivity contribution in [2.45, 2.75) is 46.1 Å². The van der Waals surface area contributed by atoms with Crippen LogP contribution in [-0.4, -0.2) is 32.0 Å². The molecular formula is C20H29NO3. The summed E-state index contributed by atoms with van der Waals surface area (Å²) >= 11 is 0. The van der Waals surface area contributed by atoms with Gasteiger partial charge in [0.05, 0.1) is 0 Å². The Hall–Kier alpha value is -1.84. The molecule has 132 valence electrons. The summed E-state index contributed by atoms with van der Waals surface area (Å²) in [5.74, 6) is 0.0458. The highest BCUT2D eigenvalue weighted by Crippen LogP contribution is 2.35. The molecule has 0 saturated heterocycles. The number of hydrogen-bond donors (Lipinski definition) is 0. The van der Waals surface area contributed by atoms with Gasteiger partial charge in [0.2, 0.25) is 0 Å². The van der Waals surface area contributed by atoms with E-state index < -0.39 is 11.8 Å². The van der Waals surface area contributed by atoms with Gasteiger partial charge in [-0.25, -0.2) is 4.79 Å². The van der Waals surface area contributed by atoms with E-state index in [1.807, 2.05) is 31.1 Å². The Morgan fingerprint density at radius 2 is 1.75 bits per heavy atom. The van der Waals surface area contributed by atoms with Gasteiger partial charge in [-0.3, -0.25) is 4.79 Å². The molecular weight excluding hydrogens is 302 g/mol. The molecule has 1 aliphatic carbocycles. The molecule has 1 saturated carbocycles. The lowest BCUT2D eigenvalue weighted by atomic mass is 9.75. The van der Waals surface area contributed by atoms with Crippen molar-refractivity contribution in [2.75, 3.05) is 19.0 Å². The maximum Gasteiger partial charge on any atom is 0.379 e. The number of carbonyl (C=O) groups is 2. The molecule has 24 heavy (non-hydrogen) atoms. The number of rotatable bonds is 5. The number of ketones is 1. The molecule has 0 aromatic heterocycles. The lowest BCUT2D eigenvalue weighted by molar-refractivity contribution is -0.149. The van der Waals surface area contributed by atoms with Gasteiger partial charge in [-0.2, -0.15) is 0 Å². The minimum absolute atomic E-state index is 0.147. The van der Waals surface area contributed by atoms with E-state index in [2.05, 4.69) is 20.8 Å². The lowest BCUT2D eigenvalue weighted by Gasteiger charge is -2.36. The summed E-state index contributed by atoms with van der Waals surface area (Å²) in [6.45, 7) is 6.49. The highest BCUT2D eigenvalue weighted by atomic mass is 16.5. The molecule has 0 unspecified atom stereocenters. The second kappa shape index (κ2) is 7.82. The second-order valence-corrected chi connectivity index (χ2v) is 7.54. The van der Waals surface area contributed by atoms with Crippen molar-refractivity contribution in [3.8, 4) is 0 Å². The molecule has 0 N–H and O–H groups in total. The Morgan fingerprint density at radius 1 is 1.12 bits per heavy atom. The van der Waals surface area contributed by atoms with Gasteiger partial charge in [0.25, 0.3) is 5.78 Å². The third-order valence-electron chi connectivity index (χ3n) is 5.05. The van der Waals surface area contributed by atoms with Crippen LogP contribution in [0.2, 0.25) is 0 Å². The van der Waals surface area contributed by atoms with E-state index in [9.17, 15) is 9.59 Å². The van der Waals surface area contributed by atoms with Crippen LogP contribution in [-0.2, 0) is 9.53 Å². The lowest BCUT2D eigenvalue weighted by Crippen LogP contribution is -2.37. The predicted octanol–water partition coefficient (Wildman–Crippen LogP) is 3.94. The molecule has 1 aromatic rings. The fourth-order valence-corrected chi connectivity index (χ4v) is 3.47. The van der Waals surface area contributed by atoms with Gasteiger partial charge in [0, 0.05) is 25.3 Å². The number of benzene rings is 1. The number of esters is 1. The Kier molecular flexibility index (Phi) is 6.03. The van der Waals surface area contributed by atoms with E-state index in [1.165, 1.54) is 0 Å². The summed E-state index contributed by atoms with van der Waals surface area (Å²) in [7, 11) is 3.86. The summed E-state index contributed by atoms with van der Waals surface area (Å²) in [5, 5.41) is 0. The fourth-order valence-electron chi connectivity index (χ4n) is 3.47. The molecule has 4 heteroatoms. The van der Waals surface area contributed by atoms with Crippen LogP contribution in [0.15, 0.2) is 24.3 Å². The highest BCUT2D eigenvalue weighted by molar-refractivity contribution is 6.40. The molecule has 0 spiro atoms. The molecule has 1 aromatic carbocycles. The predicted molar refractivity (Wildman–Crippen MR) is 96.3 cm³/mol. The van der Waals surface area contributed by atoms with Gasteiger partial charge >= 0.3 is 5.97 Å². The molecule has 0 radical (unpaired) electrons. The Labute approximate surface area is 145 Å². The van der Waals surface area contributed by atoms with Crippen molar-refractivity contribution < 1.29 is 14.3 Å². The largest absolute Gasteiger partial charge is 0.456 e. The zero-order valence-corrected chi connectivity index (χ0v) is 15.4. The van der Waals surface area contributed by atoms with Crippen molar-refractivity contribution in [1.82, 2.24) is 0 Å². The number of carbonyl (C=O) groups excluding carboxylic acids is 2. The topological polar surface area (TPSA) is 46.6 Å². The monoisotopic (exact) mass is 331 g/mol. The van der Waals surface area contributed by atoms with Crippen LogP contribution in [0.25, 0.3) is 0 Å². The third-order valence-corrected chi connectivity index (χ3v) is 5.05. The van der Waals surface area contributed by atoms with Gasteiger partial charge in [0.1, 0.15) is 6.10 Å². The zero-order valence-electron chi connectivity index (χ0n) is 15.4. The van der Waals surface area contributed by atoms with Crippen molar-refractivity contribution in [2.24, 2.45) is 17.8 Å². The Balaban J connectivity index is 2.05. The second-order valence-electron chi connectivity index (χ2n) is 7.54. The highest BCUT2D eigenvalue weighted by Gasteiger charge is 2.34. The van der Waals surface area contributed by atoms with E-state index >= 15 is 0 Å². The average Bonchev–Trinajstić information content (AvgIpc) is 2.54. The first-order valence-electron chi connectivity index (χ1n) is 8.82. The molecule has 1 fully saturated rings. The average molecular weight is 331 g/mol. The summed E-state index contributed by atoms with van der Waals surface area (Å²) in [5.41, 5.74) is 1.37. The maximum absolute atomic E-state index is 12.4. The molecule has 0 bridgehead atoms. The van der Waals surface area contributed by atoms with Crippen molar-refractivity contribution in [1.29, 1.82) is 0 Å². The quantitative estimate of drug-likeness (QED) is 0.466. The summed E-state index contributed by atoms with van der Waals surface area (Å²) in [6, 6.07) is 7.03. The van der Waals surface area contributed by atoms with Crippen molar-refractivity contribution >= 4 is 17.4 Å². The van der Waals surface area contributed by atoms with Crippen LogP contribution in [0.4, 0.5) is 5.69 Å². The molecule has 2 rings (SSSR count). The number of nitrogens with zero attached hydrogens (tertiary/aromatic N) is 1. The fraction of sp³-hybridized carbons (Fsp3) is 0.600. The van der Waals surface area contributed by atoms with Crippen molar-refractivity contribution in [3.05, 3.63) is 29.8 Å². The number of anilines is 1. The Morgan fingerprint density at radius 3 is 2.29 bits per heavy atom. The van der Waals surface area contributed by atoms with Crippen molar-refractivity contribution in [3.63, 3.8) is 0 Å². The number of Topliss-reactive ketones (excluding diaryl/α,β-unsaturated/α-hetero) is 1. The normalized spacial score (nSPS) is 23.8. The van der Waals surface area contributed by atoms with Crippen LogP contribution in [0.3, 0.4) is 0 Å². The van der Waals surface area contributed by atoms with E-state index in [0.29, 0.717) is 23.3 Å². The van der Waals surface area contributed by atoms with E-state index in [1.54, 1.807) is 12.1 Å². The molecule has 1 aliphatic rings. The van der Waals surface area contributed by atoms with Gasteiger partial charge < -0.3 is 9.64 Å². The maximum atomic E-state index is 12.4. The van der Waals surface area contributed by atoms with Crippen LogP contribution in [0.5, 0.6) is 0 Å². The third kappa shape index (κ3) is 4.37. The first-order valence-corrected chi connectivity index (χ1v) is 8.82. The van der Waals surface area contributed by atoms with Gasteiger partial charge in [-0.1, -0.05) is 27.2 Å². The van der Waals surface area contributed by atoms with E-state index in [4.69, 9.17) is 4.74 Å². The zero-order chi connectivity index (χ0) is 17.9. The standard InChI is InChI=1S/C20H29NO3/c1-13(2)17-11-6-14(3)12-18(17)24-20(23)19(22)15-7-9-16(10-8-15)21(4)5/h7-10,13-14,17-18H,6,11-12H2,1-5H3/t14-,17+,18-/m0/s1. The number of ether oxygens (including phenoxy) is 1. The van der Waals surface area contributed by atoms with Crippen LogP contribution in [0.1, 0.15) is 50.4 Å². The van der Waals surface area contributed by atoms with E-state index in [-0.39, 0.29) is 6.10 Å². The molecule has 4 nitrogen and oxygen atoms in total. The minimum atomic E-state index is -0.725. The molecule has 0 amide bonds. The SMILES string of the molecule is CC(C)[C@H]1CC[C@H](C)C[C@@H]1OC(=O)C(=O)c1ccc(N(C)C)cc1. The smallest absolute Gasteiger partial charge is 0.379 e. The van der Waals surface area contributed by atoms with Gasteiger partial charge in [-0.05, 0) is 54.9 Å². The molecule has 0 heterocycles. The summed E-state index contributed by atoms with van der Waals surface area (Å²) in [6.07, 6.45) is 2.92. The minimum Gasteiger partial charge on any atom is -0.456 e. The first kappa shape index (κ1) is 18.5. The molecule has 3 atom stereocenters. The molecule has 0 aliphatic heterocycles. The van der Waals surface area contributed by atoms with Crippen LogP contribution in [0, 0.1) is 17.8 Å². The first-order chi connectivity index (χ1) is 11.3. The van der Waals surface area contributed by atoms with Gasteiger partial charge in [0.15, 0.2) is 0 Å². The van der Waals surface area contributed by atoms with Crippen LogP contribution >= 0.6 is 0 Å². The van der Waals surface area contributed by atoms with Crippen LogP contribution < -0.4 is 4.90 Å². The number of hydrogen-bond acceptors (Lipinski definition) is 4.